The van der Waals surface area contributed by atoms with Crippen LogP contribution in [0.25, 0.3) is 0 Å². The average Bonchev–Trinajstić information content (AvgIpc) is 2.78. The Morgan fingerprint density at radius 1 is 1.33 bits per heavy atom. The molecule has 116 valence electrons. The highest BCUT2D eigenvalue weighted by molar-refractivity contribution is 5.70. The van der Waals surface area contributed by atoms with Gasteiger partial charge < -0.3 is 15.2 Å². The van der Waals surface area contributed by atoms with Gasteiger partial charge in [0, 0.05) is 18.2 Å². The molecule has 2 atom stereocenters. The van der Waals surface area contributed by atoms with Gasteiger partial charge in [-0.25, -0.2) is 4.79 Å². The molecule has 5 heteroatoms. The third kappa shape index (κ3) is 3.47. The van der Waals surface area contributed by atoms with E-state index >= 15 is 0 Å². The van der Waals surface area contributed by atoms with Gasteiger partial charge in [0.2, 0.25) is 0 Å². The number of rotatable bonds is 2. The number of nitrogens with zero attached hydrogens (tertiary/aromatic N) is 1. The number of benzene rings is 1. The van der Waals surface area contributed by atoms with Crippen molar-refractivity contribution in [3.8, 4) is 5.75 Å². The van der Waals surface area contributed by atoms with E-state index in [1.54, 1.807) is 12.0 Å². The van der Waals surface area contributed by atoms with E-state index in [9.17, 15) is 4.79 Å². The Kier molecular flexibility index (Phi) is 4.42. The van der Waals surface area contributed by atoms with Gasteiger partial charge in [0.25, 0.3) is 0 Å². The van der Waals surface area contributed by atoms with E-state index in [-0.39, 0.29) is 18.2 Å². The standard InChI is InChI=1S/C16H24N2O3/c1-16(2,3)21-15(19)18-10-9-12(17)14(18)11-7-5-6-8-13(11)20-4/h5-8,12,14H,9-10,17H2,1-4H3/t12-,14-/m0/s1. The van der Waals surface area contributed by atoms with Crippen molar-refractivity contribution in [2.45, 2.75) is 44.9 Å². The molecule has 1 aromatic carbocycles. The zero-order valence-corrected chi connectivity index (χ0v) is 13.1. The second-order valence-corrected chi connectivity index (χ2v) is 6.31. The van der Waals surface area contributed by atoms with Gasteiger partial charge in [-0.3, -0.25) is 4.90 Å². The number of hydrogen-bond acceptors (Lipinski definition) is 4. The van der Waals surface area contributed by atoms with Crippen LogP contribution in [0.15, 0.2) is 24.3 Å². The van der Waals surface area contributed by atoms with Gasteiger partial charge in [0.1, 0.15) is 11.4 Å². The zero-order valence-electron chi connectivity index (χ0n) is 13.1. The van der Waals surface area contributed by atoms with E-state index in [1.807, 2.05) is 45.0 Å². The maximum Gasteiger partial charge on any atom is 0.410 e. The van der Waals surface area contributed by atoms with Crippen molar-refractivity contribution in [1.29, 1.82) is 0 Å². The molecule has 21 heavy (non-hydrogen) atoms. The van der Waals surface area contributed by atoms with Crippen molar-refractivity contribution in [3.05, 3.63) is 29.8 Å². The number of likely N-dealkylation sites (tertiary alicyclic amines) is 1. The first-order chi connectivity index (χ1) is 9.83. The number of carbonyl (C=O) groups excluding carboxylic acids is 1. The fraction of sp³-hybridized carbons (Fsp3) is 0.562. The Morgan fingerprint density at radius 3 is 2.62 bits per heavy atom. The van der Waals surface area contributed by atoms with Gasteiger partial charge >= 0.3 is 6.09 Å². The molecule has 2 rings (SSSR count). The minimum Gasteiger partial charge on any atom is -0.496 e. The maximum atomic E-state index is 12.4. The second kappa shape index (κ2) is 5.93. The number of hydrogen-bond donors (Lipinski definition) is 1. The van der Waals surface area contributed by atoms with Crippen LogP contribution in [0.1, 0.15) is 38.8 Å². The number of nitrogens with two attached hydrogens (primary N) is 1. The van der Waals surface area contributed by atoms with Gasteiger partial charge in [0.15, 0.2) is 0 Å². The van der Waals surface area contributed by atoms with Crippen LogP contribution in [-0.2, 0) is 4.74 Å². The fourth-order valence-electron chi connectivity index (χ4n) is 2.65. The molecule has 0 radical (unpaired) electrons. The Morgan fingerprint density at radius 2 is 2.00 bits per heavy atom. The summed E-state index contributed by atoms with van der Waals surface area (Å²) in [5, 5.41) is 0. The first-order valence-electron chi connectivity index (χ1n) is 7.21. The van der Waals surface area contributed by atoms with Crippen LogP contribution in [0.4, 0.5) is 4.79 Å². The molecule has 1 heterocycles. The molecule has 2 N–H and O–H groups in total. The molecule has 5 nitrogen and oxygen atoms in total. The predicted molar refractivity (Wildman–Crippen MR) is 81.3 cm³/mol. The Labute approximate surface area is 126 Å². The van der Waals surface area contributed by atoms with Crippen molar-refractivity contribution >= 4 is 6.09 Å². The number of amides is 1. The van der Waals surface area contributed by atoms with Gasteiger partial charge in [-0.2, -0.15) is 0 Å². The largest absolute Gasteiger partial charge is 0.496 e. The molecule has 0 spiro atoms. The molecule has 0 unspecified atom stereocenters. The average molecular weight is 292 g/mol. The van der Waals surface area contributed by atoms with Crippen LogP contribution >= 0.6 is 0 Å². The van der Waals surface area contributed by atoms with E-state index < -0.39 is 5.60 Å². The first kappa shape index (κ1) is 15.6. The normalized spacial score (nSPS) is 22.2. The molecule has 0 aliphatic carbocycles. The lowest BCUT2D eigenvalue weighted by atomic mass is 10.00. The van der Waals surface area contributed by atoms with Gasteiger partial charge in [-0.1, -0.05) is 18.2 Å². The highest BCUT2D eigenvalue weighted by Crippen LogP contribution is 2.37. The lowest BCUT2D eigenvalue weighted by Crippen LogP contribution is -2.39. The molecule has 1 saturated heterocycles. The summed E-state index contributed by atoms with van der Waals surface area (Å²) in [7, 11) is 1.62. The monoisotopic (exact) mass is 292 g/mol. The maximum absolute atomic E-state index is 12.4. The molecule has 1 fully saturated rings. The van der Waals surface area contributed by atoms with Crippen LogP contribution in [0, 0.1) is 0 Å². The highest BCUT2D eigenvalue weighted by atomic mass is 16.6. The number of ether oxygens (including phenoxy) is 2. The van der Waals surface area contributed by atoms with E-state index in [0.717, 1.165) is 17.7 Å². The van der Waals surface area contributed by atoms with Crippen LogP contribution in [-0.4, -0.2) is 36.3 Å². The first-order valence-corrected chi connectivity index (χ1v) is 7.21. The van der Waals surface area contributed by atoms with Gasteiger partial charge in [-0.15, -0.1) is 0 Å². The molecule has 0 aromatic heterocycles. The summed E-state index contributed by atoms with van der Waals surface area (Å²) in [4.78, 5) is 14.1. The van der Waals surface area contributed by atoms with Gasteiger partial charge in [0.05, 0.1) is 13.2 Å². The summed E-state index contributed by atoms with van der Waals surface area (Å²) < 4.78 is 10.9. The molecule has 1 aliphatic heterocycles. The van der Waals surface area contributed by atoms with E-state index in [2.05, 4.69) is 0 Å². The van der Waals surface area contributed by atoms with Crippen molar-refractivity contribution < 1.29 is 14.3 Å². The van der Waals surface area contributed by atoms with Crippen LogP contribution in [0.2, 0.25) is 0 Å². The topological polar surface area (TPSA) is 64.8 Å². The Balaban J connectivity index is 2.29. The van der Waals surface area contributed by atoms with Crippen molar-refractivity contribution in [2.24, 2.45) is 5.73 Å². The Hall–Kier alpha value is -1.75. The number of para-hydroxylation sites is 1. The van der Waals surface area contributed by atoms with E-state index in [0.29, 0.717) is 6.54 Å². The highest BCUT2D eigenvalue weighted by Gasteiger charge is 2.39. The van der Waals surface area contributed by atoms with E-state index in [1.165, 1.54) is 0 Å². The van der Waals surface area contributed by atoms with Crippen molar-refractivity contribution in [1.82, 2.24) is 4.90 Å². The van der Waals surface area contributed by atoms with Gasteiger partial charge in [-0.05, 0) is 33.3 Å². The molecule has 1 amide bonds. The van der Waals surface area contributed by atoms with E-state index in [4.69, 9.17) is 15.2 Å². The van der Waals surface area contributed by atoms with Crippen LogP contribution < -0.4 is 10.5 Å². The molecular weight excluding hydrogens is 268 g/mol. The summed E-state index contributed by atoms with van der Waals surface area (Å²) >= 11 is 0. The third-order valence-electron chi connectivity index (χ3n) is 3.53. The molecule has 1 aliphatic rings. The lowest BCUT2D eigenvalue weighted by Gasteiger charge is -2.30. The molecule has 1 aromatic rings. The molecule has 0 bridgehead atoms. The summed E-state index contributed by atoms with van der Waals surface area (Å²) in [5.74, 6) is 0.744. The quantitative estimate of drug-likeness (QED) is 0.910. The fourth-order valence-corrected chi connectivity index (χ4v) is 2.65. The van der Waals surface area contributed by atoms with Crippen LogP contribution in [0.3, 0.4) is 0 Å². The minimum absolute atomic E-state index is 0.117. The molecular formula is C16H24N2O3. The summed E-state index contributed by atoms with van der Waals surface area (Å²) in [6.07, 6.45) is 0.424. The van der Waals surface area contributed by atoms with Crippen molar-refractivity contribution in [3.63, 3.8) is 0 Å². The third-order valence-corrected chi connectivity index (χ3v) is 3.53. The van der Waals surface area contributed by atoms with Crippen LogP contribution in [0.5, 0.6) is 5.75 Å². The predicted octanol–water partition coefficient (Wildman–Crippen LogP) is 2.70. The summed E-state index contributed by atoms with van der Waals surface area (Å²) in [5.41, 5.74) is 6.63. The molecule has 0 saturated carbocycles. The summed E-state index contributed by atoms with van der Waals surface area (Å²) in [6.45, 7) is 6.18. The van der Waals surface area contributed by atoms with Crippen molar-refractivity contribution in [2.75, 3.05) is 13.7 Å². The Bertz CT molecular complexity index is 510. The lowest BCUT2D eigenvalue weighted by molar-refractivity contribution is 0.0217. The smallest absolute Gasteiger partial charge is 0.410 e. The zero-order chi connectivity index (χ0) is 15.6. The summed E-state index contributed by atoms with van der Waals surface area (Å²) in [6, 6.07) is 7.33. The second-order valence-electron chi connectivity index (χ2n) is 6.31. The number of carbonyl (C=O) groups is 1. The minimum atomic E-state index is -0.519. The number of methoxy groups -OCH3 is 1. The SMILES string of the molecule is COc1ccccc1[C@H]1[C@@H](N)CCN1C(=O)OC(C)(C)C.